The summed E-state index contributed by atoms with van der Waals surface area (Å²) in [5.41, 5.74) is 6.95. The van der Waals surface area contributed by atoms with E-state index in [1.165, 1.54) is 12.0 Å². The van der Waals surface area contributed by atoms with Gasteiger partial charge in [0, 0.05) is 6.04 Å². The first-order valence-electron chi connectivity index (χ1n) is 3.94. The molecule has 2 unspecified atom stereocenters. The Balaban J connectivity index is 3.39. The highest BCUT2D eigenvalue weighted by molar-refractivity contribution is 4.88. The van der Waals surface area contributed by atoms with Crippen molar-refractivity contribution in [2.45, 2.75) is 39.7 Å². The van der Waals surface area contributed by atoms with Crippen molar-refractivity contribution in [3.63, 3.8) is 0 Å². The predicted molar refractivity (Wildman–Crippen MR) is 46.9 cm³/mol. The first-order valence-corrected chi connectivity index (χ1v) is 3.94. The molecule has 0 saturated carbocycles. The summed E-state index contributed by atoms with van der Waals surface area (Å²) in [7, 11) is 0. The Labute approximate surface area is 64.3 Å². The highest BCUT2D eigenvalue weighted by Crippen LogP contribution is 2.11. The molecule has 0 amide bonds. The van der Waals surface area contributed by atoms with E-state index in [4.69, 9.17) is 5.73 Å². The fourth-order valence-electron chi connectivity index (χ4n) is 0.737. The van der Waals surface area contributed by atoms with Gasteiger partial charge in [-0.2, -0.15) is 0 Å². The fraction of sp³-hybridized carbons (Fsp3) is 0.778. The van der Waals surface area contributed by atoms with Gasteiger partial charge in [-0.25, -0.2) is 0 Å². The molecule has 0 aliphatic heterocycles. The van der Waals surface area contributed by atoms with Gasteiger partial charge in [-0.1, -0.05) is 12.5 Å². The van der Waals surface area contributed by atoms with E-state index in [2.05, 4.69) is 27.4 Å². The molecule has 0 radical (unpaired) electrons. The van der Waals surface area contributed by atoms with Crippen LogP contribution in [0, 0.1) is 5.92 Å². The lowest BCUT2D eigenvalue weighted by atomic mass is 9.97. The van der Waals surface area contributed by atoms with Crippen molar-refractivity contribution in [1.29, 1.82) is 0 Å². The van der Waals surface area contributed by atoms with Crippen LogP contribution in [0.15, 0.2) is 12.2 Å². The number of hydrogen-bond donors (Lipinski definition) is 1. The summed E-state index contributed by atoms with van der Waals surface area (Å²) in [6.07, 6.45) is 2.29. The third kappa shape index (κ3) is 4.57. The van der Waals surface area contributed by atoms with Crippen molar-refractivity contribution in [3.8, 4) is 0 Å². The molecule has 0 aromatic carbocycles. The molecule has 2 atom stereocenters. The molecular weight excluding hydrogens is 122 g/mol. The maximum Gasteiger partial charge on any atom is 0.00362 e. The summed E-state index contributed by atoms with van der Waals surface area (Å²) in [5, 5.41) is 0. The van der Waals surface area contributed by atoms with E-state index in [0.717, 1.165) is 6.42 Å². The van der Waals surface area contributed by atoms with E-state index in [0.29, 0.717) is 12.0 Å². The van der Waals surface area contributed by atoms with Crippen molar-refractivity contribution in [1.82, 2.24) is 0 Å². The van der Waals surface area contributed by atoms with E-state index in [1.54, 1.807) is 0 Å². The lowest BCUT2D eigenvalue weighted by molar-refractivity contribution is 0.450. The van der Waals surface area contributed by atoms with E-state index < -0.39 is 0 Å². The molecule has 0 aliphatic rings. The van der Waals surface area contributed by atoms with Gasteiger partial charge in [-0.15, -0.1) is 6.58 Å². The van der Waals surface area contributed by atoms with Gasteiger partial charge in [0.25, 0.3) is 0 Å². The van der Waals surface area contributed by atoms with Crippen molar-refractivity contribution in [3.05, 3.63) is 12.2 Å². The molecule has 0 bridgehead atoms. The summed E-state index contributed by atoms with van der Waals surface area (Å²) in [4.78, 5) is 0. The van der Waals surface area contributed by atoms with Crippen LogP contribution in [-0.4, -0.2) is 6.04 Å². The average Bonchev–Trinajstić information content (AvgIpc) is 1.82. The van der Waals surface area contributed by atoms with Crippen molar-refractivity contribution in [2.75, 3.05) is 0 Å². The van der Waals surface area contributed by atoms with Crippen LogP contribution in [0.25, 0.3) is 0 Å². The largest absolute Gasteiger partial charge is 0.328 e. The number of nitrogens with two attached hydrogens (primary N) is 1. The Hall–Kier alpha value is -0.300. The molecule has 0 aromatic rings. The maximum absolute atomic E-state index is 5.69. The number of allylic oxidation sites excluding steroid dienone is 1. The Bertz CT molecular complexity index is 105. The van der Waals surface area contributed by atoms with Crippen LogP contribution in [0.1, 0.15) is 33.6 Å². The third-order valence-electron chi connectivity index (χ3n) is 1.92. The van der Waals surface area contributed by atoms with Crippen LogP contribution in [0.5, 0.6) is 0 Å². The van der Waals surface area contributed by atoms with Gasteiger partial charge in [-0.3, -0.25) is 0 Å². The third-order valence-corrected chi connectivity index (χ3v) is 1.92. The zero-order valence-electron chi connectivity index (χ0n) is 7.35. The summed E-state index contributed by atoms with van der Waals surface area (Å²) in [5.74, 6) is 0.622. The van der Waals surface area contributed by atoms with Gasteiger partial charge >= 0.3 is 0 Å². The fourth-order valence-corrected chi connectivity index (χ4v) is 0.737. The molecule has 1 nitrogen and oxygen atoms in total. The Morgan fingerprint density at radius 3 is 2.30 bits per heavy atom. The summed E-state index contributed by atoms with van der Waals surface area (Å²) < 4.78 is 0. The van der Waals surface area contributed by atoms with Gasteiger partial charge in [-0.05, 0) is 32.6 Å². The van der Waals surface area contributed by atoms with Gasteiger partial charge in [0.15, 0.2) is 0 Å². The molecule has 0 fully saturated rings. The van der Waals surface area contributed by atoms with Gasteiger partial charge in [0.2, 0.25) is 0 Å². The summed E-state index contributed by atoms with van der Waals surface area (Å²) in [6.45, 7) is 10.2. The van der Waals surface area contributed by atoms with E-state index in [1.807, 2.05) is 0 Å². The second-order valence-electron chi connectivity index (χ2n) is 3.33. The quantitative estimate of drug-likeness (QED) is 0.597. The van der Waals surface area contributed by atoms with Crippen LogP contribution >= 0.6 is 0 Å². The van der Waals surface area contributed by atoms with Crippen LogP contribution < -0.4 is 5.73 Å². The van der Waals surface area contributed by atoms with Gasteiger partial charge in [0.05, 0.1) is 0 Å². The Morgan fingerprint density at radius 2 is 2.00 bits per heavy atom. The monoisotopic (exact) mass is 141 g/mol. The summed E-state index contributed by atoms with van der Waals surface area (Å²) in [6, 6.07) is 0.319. The average molecular weight is 141 g/mol. The molecule has 1 heteroatoms. The van der Waals surface area contributed by atoms with Gasteiger partial charge < -0.3 is 5.73 Å². The summed E-state index contributed by atoms with van der Waals surface area (Å²) >= 11 is 0. The van der Waals surface area contributed by atoms with E-state index in [-0.39, 0.29) is 0 Å². The van der Waals surface area contributed by atoms with Crippen LogP contribution in [0.3, 0.4) is 0 Å². The first-order chi connectivity index (χ1) is 4.54. The van der Waals surface area contributed by atoms with Crippen molar-refractivity contribution < 1.29 is 0 Å². The van der Waals surface area contributed by atoms with Crippen LogP contribution in [0.4, 0.5) is 0 Å². The predicted octanol–water partition coefficient (Wildman–Crippen LogP) is 2.33. The molecule has 0 aliphatic carbocycles. The van der Waals surface area contributed by atoms with Crippen molar-refractivity contribution in [2.24, 2.45) is 11.7 Å². The number of rotatable bonds is 4. The molecule has 60 valence electrons. The zero-order chi connectivity index (χ0) is 8.15. The normalized spacial score (nSPS) is 16.4. The standard InChI is InChI=1S/C9H19N/c1-7(2)5-6-8(3)9(4)10/h8-9H,1,5-6,10H2,2-4H3. The molecule has 0 heterocycles. The maximum atomic E-state index is 5.69. The molecular formula is C9H19N. The van der Waals surface area contributed by atoms with E-state index in [9.17, 15) is 0 Å². The Kier molecular flexibility index (Phi) is 4.37. The zero-order valence-corrected chi connectivity index (χ0v) is 7.35. The molecule has 0 saturated heterocycles. The second-order valence-corrected chi connectivity index (χ2v) is 3.33. The van der Waals surface area contributed by atoms with Crippen LogP contribution in [-0.2, 0) is 0 Å². The van der Waals surface area contributed by atoms with Crippen molar-refractivity contribution >= 4 is 0 Å². The second kappa shape index (κ2) is 4.51. The van der Waals surface area contributed by atoms with E-state index >= 15 is 0 Å². The van der Waals surface area contributed by atoms with Gasteiger partial charge in [0.1, 0.15) is 0 Å². The number of hydrogen-bond acceptors (Lipinski definition) is 1. The lowest BCUT2D eigenvalue weighted by Gasteiger charge is -2.14. The molecule has 0 spiro atoms. The minimum atomic E-state index is 0.319. The highest BCUT2D eigenvalue weighted by Gasteiger charge is 2.05. The topological polar surface area (TPSA) is 26.0 Å². The van der Waals surface area contributed by atoms with Crippen LogP contribution in [0.2, 0.25) is 0 Å². The smallest absolute Gasteiger partial charge is 0.00362 e. The molecule has 0 aromatic heterocycles. The minimum Gasteiger partial charge on any atom is -0.328 e. The first kappa shape index (κ1) is 9.70. The molecule has 2 N–H and O–H groups in total. The minimum absolute atomic E-state index is 0.319. The molecule has 10 heavy (non-hydrogen) atoms. The Morgan fingerprint density at radius 1 is 1.50 bits per heavy atom. The molecule has 0 rings (SSSR count). The SMILES string of the molecule is C=C(C)CCC(C)C(C)N. The lowest BCUT2D eigenvalue weighted by Crippen LogP contribution is -2.23. The highest BCUT2D eigenvalue weighted by atomic mass is 14.6.